The zero-order valence-electron chi connectivity index (χ0n) is 10.4. The molecular weight excluding hydrogens is 247 g/mol. The molecule has 3 nitrogen and oxygen atoms in total. The van der Waals surface area contributed by atoms with E-state index in [1.54, 1.807) is 48.5 Å². The van der Waals surface area contributed by atoms with Crippen molar-refractivity contribution in [3.63, 3.8) is 0 Å². The fraction of sp³-hybridized carbons (Fsp3) is 0.0667. The molecular formula is C15H13FO3. The monoisotopic (exact) mass is 260 g/mol. The summed E-state index contributed by atoms with van der Waals surface area (Å²) in [5.41, 5.74) is 1.21. The molecule has 0 saturated heterocycles. The minimum atomic E-state index is 0.500. The quantitative estimate of drug-likeness (QED) is 0.787. The van der Waals surface area contributed by atoms with Crippen LogP contribution in [0.1, 0.15) is 20.7 Å². The molecule has 2 rings (SSSR count). The lowest BCUT2D eigenvalue weighted by atomic mass is 10.2. The highest BCUT2D eigenvalue weighted by atomic mass is 19.1. The molecule has 0 aromatic heterocycles. The molecule has 0 unspecified atom stereocenters. The van der Waals surface area contributed by atoms with Gasteiger partial charge in [-0.3, -0.25) is 14.0 Å². The summed E-state index contributed by atoms with van der Waals surface area (Å²) in [6.45, 7) is 0. The highest BCUT2D eigenvalue weighted by Crippen LogP contribution is 2.21. The summed E-state index contributed by atoms with van der Waals surface area (Å²) in [7, 11) is 0.500. The SMILES string of the molecule is CF.O=Cc1ccc(Oc2ccc(C=O)cc2)cc1. The lowest BCUT2D eigenvalue weighted by molar-refractivity contribution is 0.111. The second-order valence-electron chi connectivity index (χ2n) is 3.48. The van der Waals surface area contributed by atoms with Gasteiger partial charge in [0.15, 0.2) is 0 Å². The molecule has 0 amide bonds. The van der Waals surface area contributed by atoms with Gasteiger partial charge in [-0.05, 0) is 48.5 Å². The summed E-state index contributed by atoms with van der Waals surface area (Å²) < 4.78 is 15.0. The summed E-state index contributed by atoms with van der Waals surface area (Å²) in [6, 6.07) is 13.6. The molecule has 0 atom stereocenters. The molecule has 0 aliphatic carbocycles. The average Bonchev–Trinajstić information content (AvgIpc) is 2.51. The van der Waals surface area contributed by atoms with E-state index in [4.69, 9.17) is 4.74 Å². The van der Waals surface area contributed by atoms with E-state index in [1.165, 1.54) is 0 Å². The van der Waals surface area contributed by atoms with Crippen molar-refractivity contribution in [2.75, 3.05) is 7.18 Å². The first-order valence-electron chi connectivity index (χ1n) is 5.48. The molecule has 0 saturated carbocycles. The van der Waals surface area contributed by atoms with Crippen LogP contribution in [0.5, 0.6) is 11.5 Å². The normalized spacial score (nSPS) is 8.95. The smallest absolute Gasteiger partial charge is 0.150 e. The minimum Gasteiger partial charge on any atom is -0.457 e. The third-order valence-electron chi connectivity index (χ3n) is 2.27. The summed E-state index contributed by atoms with van der Waals surface area (Å²) in [5.74, 6) is 1.30. The van der Waals surface area contributed by atoms with E-state index in [-0.39, 0.29) is 0 Å². The van der Waals surface area contributed by atoms with E-state index in [0.717, 1.165) is 12.6 Å². The number of rotatable bonds is 4. The number of benzene rings is 2. The highest BCUT2D eigenvalue weighted by Gasteiger charge is 1.98. The summed E-state index contributed by atoms with van der Waals surface area (Å²) in [5, 5.41) is 0. The predicted octanol–water partition coefficient (Wildman–Crippen LogP) is 3.69. The molecule has 2 aromatic carbocycles. The Morgan fingerprint density at radius 1 is 0.737 bits per heavy atom. The number of alkyl halides is 1. The molecule has 98 valence electrons. The third kappa shape index (κ3) is 4.35. The Labute approximate surface area is 110 Å². The van der Waals surface area contributed by atoms with Gasteiger partial charge in [-0.2, -0.15) is 0 Å². The molecule has 2 aromatic rings. The number of carbonyl (C=O) groups is 2. The number of aldehydes is 2. The van der Waals surface area contributed by atoms with E-state index in [1.807, 2.05) is 0 Å². The van der Waals surface area contributed by atoms with E-state index in [2.05, 4.69) is 0 Å². The van der Waals surface area contributed by atoms with Crippen molar-refractivity contribution in [2.45, 2.75) is 0 Å². The number of halogens is 1. The number of hydrogen-bond donors (Lipinski definition) is 0. The standard InChI is InChI=1S/C14H10O3.CH3F/c15-9-11-1-5-13(6-2-11)17-14-7-3-12(10-16)4-8-14;1-2/h1-10H;1H3. The minimum absolute atomic E-state index is 0.500. The van der Waals surface area contributed by atoms with Crippen LogP contribution < -0.4 is 4.74 Å². The largest absolute Gasteiger partial charge is 0.457 e. The van der Waals surface area contributed by atoms with Crippen LogP contribution in [-0.2, 0) is 0 Å². The summed E-state index contributed by atoms with van der Waals surface area (Å²) in [4.78, 5) is 20.9. The third-order valence-corrected chi connectivity index (χ3v) is 2.27. The first-order valence-corrected chi connectivity index (χ1v) is 5.48. The van der Waals surface area contributed by atoms with Crippen molar-refractivity contribution < 1.29 is 18.7 Å². The molecule has 0 aliphatic heterocycles. The van der Waals surface area contributed by atoms with Crippen molar-refractivity contribution in [2.24, 2.45) is 0 Å². The molecule has 0 spiro atoms. The van der Waals surface area contributed by atoms with Crippen molar-refractivity contribution in [3.8, 4) is 11.5 Å². The highest BCUT2D eigenvalue weighted by molar-refractivity contribution is 5.75. The maximum Gasteiger partial charge on any atom is 0.150 e. The average molecular weight is 260 g/mol. The van der Waals surface area contributed by atoms with Gasteiger partial charge in [0.2, 0.25) is 0 Å². The molecule has 0 radical (unpaired) electrons. The van der Waals surface area contributed by atoms with Crippen LogP contribution in [0.2, 0.25) is 0 Å². The fourth-order valence-corrected chi connectivity index (χ4v) is 1.36. The Balaban J connectivity index is 0.000000861. The summed E-state index contributed by atoms with van der Waals surface area (Å²) >= 11 is 0. The van der Waals surface area contributed by atoms with Crippen molar-refractivity contribution in [1.82, 2.24) is 0 Å². The topological polar surface area (TPSA) is 43.4 Å². The first kappa shape index (κ1) is 14.6. The molecule has 0 N–H and O–H groups in total. The van der Waals surface area contributed by atoms with Crippen LogP contribution in [0, 0.1) is 0 Å². The zero-order valence-corrected chi connectivity index (χ0v) is 10.4. The molecule has 0 heterocycles. The van der Waals surface area contributed by atoms with Crippen LogP contribution >= 0.6 is 0 Å². The van der Waals surface area contributed by atoms with Gasteiger partial charge in [0.05, 0.1) is 7.18 Å². The van der Waals surface area contributed by atoms with Crippen molar-refractivity contribution >= 4 is 12.6 Å². The second kappa shape index (κ2) is 7.76. The van der Waals surface area contributed by atoms with Gasteiger partial charge in [0.25, 0.3) is 0 Å². The van der Waals surface area contributed by atoms with Gasteiger partial charge in [-0.25, -0.2) is 0 Å². The van der Waals surface area contributed by atoms with Gasteiger partial charge in [0.1, 0.15) is 24.1 Å². The molecule has 0 aliphatic rings. The Bertz CT molecular complexity index is 469. The van der Waals surface area contributed by atoms with E-state index < -0.39 is 0 Å². The Morgan fingerprint density at radius 2 is 1.05 bits per heavy atom. The molecule has 0 bridgehead atoms. The lowest BCUT2D eigenvalue weighted by Gasteiger charge is -2.05. The maximum absolute atomic E-state index is 10.5. The number of hydrogen-bond acceptors (Lipinski definition) is 3. The van der Waals surface area contributed by atoms with E-state index >= 15 is 0 Å². The Morgan fingerprint density at radius 3 is 1.32 bits per heavy atom. The molecule has 19 heavy (non-hydrogen) atoms. The van der Waals surface area contributed by atoms with E-state index in [0.29, 0.717) is 29.8 Å². The Kier molecular flexibility index (Phi) is 5.95. The van der Waals surface area contributed by atoms with Crippen molar-refractivity contribution in [3.05, 3.63) is 59.7 Å². The molecule has 0 fully saturated rings. The van der Waals surface area contributed by atoms with Gasteiger partial charge in [0, 0.05) is 11.1 Å². The van der Waals surface area contributed by atoms with Gasteiger partial charge < -0.3 is 4.74 Å². The number of ether oxygens (including phenoxy) is 1. The van der Waals surface area contributed by atoms with Crippen LogP contribution in [0.3, 0.4) is 0 Å². The van der Waals surface area contributed by atoms with Crippen LogP contribution in [0.15, 0.2) is 48.5 Å². The fourth-order valence-electron chi connectivity index (χ4n) is 1.36. The number of carbonyl (C=O) groups excluding carboxylic acids is 2. The molecule has 4 heteroatoms. The van der Waals surface area contributed by atoms with Crippen molar-refractivity contribution in [1.29, 1.82) is 0 Å². The second-order valence-corrected chi connectivity index (χ2v) is 3.48. The maximum atomic E-state index is 10.5. The van der Waals surface area contributed by atoms with Crippen LogP contribution in [-0.4, -0.2) is 19.7 Å². The van der Waals surface area contributed by atoms with Gasteiger partial charge in [-0.1, -0.05) is 0 Å². The predicted molar refractivity (Wildman–Crippen MR) is 70.8 cm³/mol. The van der Waals surface area contributed by atoms with Gasteiger partial charge in [-0.15, -0.1) is 0 Å². The van der Waals surface area contributed by atoms with E-state index in [9.17, 15) is 14.0 Å². The van der Waals surface area contributed by atoms with Crippen LogP contribution in [0.4, 0.5) is 4.39 Å². The van der Waals surface area contributed by atoms with Gasteiger partial charge >= 0.3 is 0 Å². The first-order chi connectivity index (χ1) is 9.31. The Hall–Kier alpha value is -2.49. The summed E-state index contributed by atoms with van der Waals surface area (Å²) in [6.07, 6.45) is 1.56. The zero-order chi connectivity index (χ0) is 14.1. The van der Waals surface area contributed by atoms with Crippen LogP contribution in [0.25, 0.3) is 0 Å². The lowest BCUT2D eigenvalue weighted by Crippen LogP contribution is -1.86.